The van der Waals surface area contributed by atoms with E-state index in [0.29, 0.717) is 0 Å². The Labute approximate surface area is 91.7 Å². The molecule has 0 unspecified atom stereocenters. The number of carbonyl (C=O) groups excluding carboxylic acids is 1. The monoisotopic (exact) mass is 226 g/mol. The van der Waals surface area contributed by atoms with Crippen LogP contribution in [0.25, 0.3) is 0 Å². The number of amides is 1. The Balaban J connectivity index is 3.29. The van der Waals surface area contributed by atoms with Crippen LogP contribution in [-0.4, -0.2) is 34.0 Å². The zero-order valence-corrected chi connectivity index (χ0v) is 9.43. The smallest absolute Gasteiger partial charge is 0.331 e. The van der Waals surface area contributed by atoms with Gasteiger partial charge in [0.15, 0.2) is 0 Å². The van der Waals surface area contributed by atoms with Gasteiger partial charge < -0.3 is 15.2 Å². The molecule has 1 amide bonds. The van der Waals surface area contributed by atoms with Gasteiger partial charge >= 0.3 is 5.69 Å². The first-order valence-corrected chi connectivity index (χ1v) is 4.60. The van der Waals surface area contributed by atoms with Crippen LogP contribution in [0.15, 0.2) is 15.8 Å². The summed E-state index contributed by atoms with van der Waals surface area (Å²) in [5.41, 5.74) is 4.16. The summed E-state index contributed by atoms with van der Waals surface area (Å²) in [7, 11) is 4.56. The molecule has 0 radical (unpaired) electrons. The van der Waals surface area contributed by atoms with Gasteiger partial charge in [-0.1, -0.05) is 0 Å². The summed E-state index contributed by atoms with van der Waals surface area (Å²) in [5, 5.41) is 0. The van der Waals surface area contributed by atoms with Crippen molar-refractivity contribution in [3.63, 3.8) is 0 Å². The van der Waals surface area contributed by atoms with E-state index in [2.05, 4.69) is 0 Å². The molecule has 7 nitrogen and oxygen atoms in total. The number of nitrogen functional groups attached to an aromatic ring is 1. The fourth-order valence-corrected chi connectivity index (χ4v) is 1.17. The molecule has 2 N–H and O–H groups in total. The number of hydrogen-bond acceptors (Lipinski definition) is 4. The van der Waals surface area contributed by atoms with Crippen molar-refractivity contribution in [2.75, 3.05) is 19.8 Å². The van der Waals surface area contributed by atoms with Crippen LogP contribution in [0.2, 0.25) is 0 Å². The van der Waals surface area contributed by atoms with Crippen molar-refractivity contribution in [2.45, 2.75) is 6.54 Å². The third-order valence-corrected chi connectivity index (χ3v) is 2.15. The van der Waals surface area contributed by atoms with Crippen molar-refractivity contribution >= 4 is 11.6 Å². The number of aromatic nitrogens is 2. The predicted octanol–water partition coefficient (Wildman–Crippen LogP) is -1.78. The van der Waals surface area contributed by atoms with E-state index in [1.54, 1.807) is 14.1 Å². The van der Waals surface area contributed by atoms with E-state index in [0.717, 1.165) is 4.57 Å². The molecular weight excluding hydrogens is 212 g/mol. The van der Waals surface area contributed by atoms with Gasteiger partial charge in [-0.2, -0.15) is 0 Å². The first kappa shape index (κ1) is 12.0. The van der Waals surface area contributed by atoms with Gasteiger partial charge in [-0.3, -0.25) is 9.59 Å². The van der Waals surface area contributed by atoms with Gasteiger partial charge in [-0.25, -0.2) is 9.36 Å². The van der Waals surface area contributed by atoms with Crippen LogP contribution < -0.4 is 17.0 Å². The highest BCUT2D eigenvalue weighted by Crippen LogP contribution is 1.88. The molecule has 0 spiro atoms. The molecule has 0 aromatic carbocycles. The first-order valence-electron chi connectivity index (χ1n) is 4.60. The second kappa shape index (κ2) is 4.21. The van der Waals surface area contributed by atoms with E-state index in [9.17, 15) is 14.4 Å². The van der Waals surface area contributed by atoms with Gasteiger partial charge in [0.1, 0.15) is 12.2 Å². The Morgan fingerprint density at radius 1 is 1.44 bits per heavy atom. The zero-order chi connectivity index (χ0) is 12.5. The van der Waals surface area contributed by atoms with Crippen molar-refractivity contribution in [1.29, 1.82) is 0 Å². The SMILES string of the molecule is CN(C)C(=O)Cn1c(=O)c(N)cn(C)c1=O. The summed E-state index contributed by atoms with van der Waals surface area (Å²) < 4.78 is 1.98. The van der Waals surface area contributed by atoms with Crippen LogP contribution in [0.5, 0.6) is 0 Å². The normalized spacial score (nSPS) is 10.2. The molecule has 1 heterocycles. The molecule has 0 aliphatic carbocycles. The Hall–Kier alpha value is -2.05. The number of rotatable bonds is 2. The van der Waals surface area contributed by atoms with Crippen LogP contribution in [0.1, 0.15) is 0 Å². The van der Waals surface area contributed by atoms with Gasteiger partial charge in [0.2, 0.25) is 5.91 Å². The molecule has 0 atom stereocenters. The minimum Gasteiger partial charge on any atom is -0.393 e. The lowest BCUT2D eigenvalue weighted by atomic mass is 10.4. The number of likely N-dealkylation sites (N-methyl/N-ethyl adjacent to an activating group) is 1. The largest absolute Gasteiger partial charge is 0.393 e. The lowest BCUT2D eigenvalue weighted by Crippen LogP contribution is -2.43. The number of aryl methyl sites for hydroxylation is 1. The zero-order valence-electron chi connectivity index (χ0n) is 9.43. The van der Waals surface area contributed by atoms with Crippen LogP contribution >= 0.6 is 0 Å². The molecule has 0 bridgehead atoms. The molecule has 88 valence electrons. The molecule has 0 aliphatic rings. The molecule has 1 aromatic rings. The van der Waals surface area contributed by atoms with Gasteiger partial charge in [0.05, 0.1) is 0 Å². The Kier molecular flexibility index (Phi) is 3.17. The number of nitrogens with zero attached hydrogens (tertiary/aromatic N) is 3. The van der Waals surface area contributed by atoms with E-state index in [1.807, 2.05) is 0 Å². The lowest BCUT2D eigenvalue weighted by Gasteiger charge is -2.12. The van der Waals surface area contributed by atoms with Crippen LogP contribution in [0.4, 0.5) is 5.69 Å². The number of hydrogen-bond donors (Lipinski definition) is 1. The lowest BCUT2D eigenvalue weighted by molar-refractivity contribution is -0.129. The van der Waals surface area contributed by atoms with E-state index >= 15 is 0 Å². The van der Waals surface area contributed by atoms with Gasteiger partial charge in [-0.05, 0) is 0 Å². The highest BCUT2D eigenvalue weighted by atomic mass is 16.2. The molecular formula is C9H14N4O3. The Morgan fingerprint density at radius 3 is 2.50 bits per heavy atom. The summed E-state index contributed by atoms with van der Waals surface area (Å²) in [6.07, 6.45) is 1.24. The number of nitrogens with two attached hydrogens (primary N) is 1. The second-order valence-electron chi connectivity index (χ2n) is 3.66. The quantitative estimate of drug-likeness (QED) is 0.645. The van der Waals surface area contributed by atoms with E-state index < -0.39 is 11.2 Å². The molecule has 0 aliphatic heterocycles. The molecule has 0 saturated heterocycles. The fraction of sp³-hybridized carbons (Fsp3) is 0.444. The van der Waals surface area contributed by atoms with Crippen molar-refractivity contribution in [3.05, 3.63) is 27.0 Å². The summed E-state index contributed by atoms with van der Waals surface area (Å²) in [6.45, 7) is -0.302. The van der Waals surface area contributed by atoms with E-state index in [4.69, 9.17) is 5.73 Å². The Bertz CT molecular complexity index is 492. The predicted molar refractivity (Wildman–Crippen MR) is 59.0 cm³/mol. The van der Waals surface area contributed by atoms with Crippen molar-refractivity contribution in [3.8, 4) is 0 Å². The highest BCUT2D eigenvalue weighted by molar-refractivity contribution is 5.75. The average molecular weight is 226 g/mol. The maximum atomic E-state index is 11.6. The van der Waals surface area contributed by atoms with Crippen molar-refractivity contribution in [2.24, 2.45) is 7.05 Å². The second-order valence-corrected chi connectivity index (χ2v) is 3.66. The van der Waals surface area contributed by atoms with Crippen molar-refractivity contribution in [1.82, 2.24) is 14.0 Å². The molecule has 16 heavy (non-hydrogen) atoms. The van der Waals surface area contributed by atoms with Crippen molar-refractivity contribution < 1.29 is 4.79 Å². The van der Waals surface area contributed by atoms with Gasteiger partial charge in [-0.15, -0.1) is 0 Å². The minimum atomic E-state index is -0.640. The van der Waals surface area contributed by atoms with Gasteiger partial charge in [0, 0.05) is 27.3 Å². The Morgan fingerprint density at radius 2 is 2.00 bits per heavy atom. The molecule has 1 rings (SSSR count). The average Bonchev–Trinajstić information content (AvgIpc) is 2.21. The molecule has 7 heteroatoms. The van der Waals surface area contributed by atoms with E-state index in [1.165, 1.54) is 22.7 Å². The number of anilines is 1. The summed E-state index contributed by atoms with van der Waals surface area (Å²) in [6, 6.07) is 0. The highest BCUT2D eigenvalue weighted by Gasteiger charge is 2.12. The van der Waals surface area contributed by atoms with Crippen LogP contribution in [0, 0.1) is 0 Å². The number of carbonyl (C=O) groups is 1. The summed E-state index contributed by atoms with van der Waals surface area (Å²) >= 11 is 0. The standard InChI is InChI=1S/C9H14N4O3/c1-11(2)7(14)5-13-8(15)6(10)4-12(3)9(13)16/h4H,5,10H2,1-3H3. The van der Waals surface area contributed by atoms with Crippen LogP contribution in [0.3, 0.4) is 0 Å². The minimum absolute atomic E-state index is 0.0614. The third kappa shape index (κ3) is 2.13. The molecule has 1 aromatic heterocycles. The topological polar surface area (TPSA) is 90.3 Å². The maximum absolute atomic E-state index is 11.6. The third-order valence-electron chi connectivity index (χ3n) is 2.15. The molecule has 0 fully saturated rings. The summed E-state index contributed by atoms with van der Waals surface area (Å²) in [4.78, 5) is 35.9. The summed E-state index contributed by atoms with van der Waals surface area (Å²) in [5.74, 6) is -0.343. The van der Waals surface area contributed by atoms with Crippen LogP contribution in [-0.2, 0) is 18.4 Å². The van der Waals surface area contributed by atoms with Gasteiger partial charge in [0.25, 0.3) is 5.56 Å². The fourth-order valence-electron chi connectivity index (χ4n) is 1.17. The first-order chi connectivity index (χ1) is 7.34. The van der Waals surface area contributed by atoms with E-state index in [-0.39, 0.29) is 18.1 Å². The molecule has 0 saturated carbocycles. The maximum Gasteiger partial charge on any atom is 0.331 e.